The molecule has 3 nitrogen and oxygen atoms in total. The van der Waals surface area contributed by atoms with Crippen LogP contribution in [-0.2, 0) is 25.7 Å². The Morgan fingerprint density at radius 2 is 0.375 bits per heavy atom. The molecule has 0 unspecified atom stereocenters. The summed E-state index contributed by atoms with van der Waals surface area (Å²) >= 11 is 0. The molecule has 0 aliphatic heterocycles. The zero-order chi connectivity index (χ0) is 62.8. The van der Waals surface area contributed by atoms with E-state index in [4.69, 9.17) is 9.47 Å². The molecule has 0 N–H and O–H groups in total. The second-order valence-electron chi connectivity index (χ2n) is 28.5. The molecular formula is C85H154O3. The molecule has 88 heavy (non-hydrogen) atoms. The average Bonchev–Trinajstić information content (AvgIpc) is 3.74. The summed E-state index contributed by atoms with van der Waals surface area (Å²) in [7, 11) is 0. The van der Waals surface area contributed by atoms with E-state index in [1.165, 1.54) is 420 Å². The van der Waals surface area contributed by atoms with Gasteiger partial charge < -0.3 is 9.47 Å². The number of benzene rings is 2. The maximum Gasteiger partial charge on any atom is 0.519 e. The first kappa shape index (κ1) is 81.8. The van der Waals surface area contributed by atoms with Crippen LogP contribution in [0.3, 0.4) is 0 Å². The summed E-state index contributed by atoms with van der Waals surface area (Å²) in [5.41, 5.74) is 5.25. The molecule has 0 heterocycles. The first-order chi connectivity index (χ1) is 43.6. The Bertz CT molecular complexity index is 1610. The van der Waals surface area contributed by atoms with Gasteiger partial charge in [0.25, 0.3) is 0 Å². The van der Waals surface area contributed by atoms with Crippen LogP contribution < -0.4 is 9.47 Å². The highest BCUT2D eigenvalue weighted by Crippen LogP contribution is 2.31. The zero-order valence-corrected chi connectivity index (χ0v) is 60.3. The number of aryl methyl sites for hydroxylation is 2. The van der Waals surface area contributed by atoms with E-state index in [1.54, 1.807) is 0 Å². The fourth-order valence-corrected chi connectivity index (χ4v) is 14.1. The lowest BCUT2D eigenvalue weighted by atomic mass is 9.95. The van der Waals surface area contributed by atoms with Crippen LogP contribution in [0.2, 0.25) is 0 Å². The first-order valence-electron chi connectivity index (χ1n) is 40.8. The molecular weight excluding hydrogens is 1070 g/mol. The van der Waals surface area contributed by atoms with E-state index in [0.717, 1.165) is 50.0 Å². The smallest absolute Gasteiger partial charge is 0.394 e. The molecule has 0 aromatic heterocycles. The third kappa shape index (κ3) is 51.2. The summed E-state index contributed by atoms with van der Waals surface area (Å²) in [6.07, 6.45) is 91.9. The van der Waals surface area contributed by atoms with Gasteiger partial charge in [-0.1, -0.05) is 437 Å². The van der Waals surface area contributed by atoms with Crippen LogP contribution in [0.4, 0.5) is 4.79 Å². The van der Waals surface area contributed by atoms with Gasteiger partial charge in [-0.05, 0) is 85.8 Å². The minimum Gasteiger partial charge on any atom is -0.394 e. The van der Waals surface area contributed by atoms with Crippen molar-refractivity contribution in [1.82, 2.24) is 0 Å². The number of unbranched alkanes of at least 4 members (excludes halogenated alkanes) is 60. The van der Waals surface area contributed by atoms with Gasteiger partial charge in [-0.25, -0.2) is 4.79 Å². The van der Waals surface area contributed by atoms with Crippen LogP contribution >= 0.6 is 0 Å². The molecule has 0 fully saturated rings. The molecule has 0 saturated heterocycles. The molecule has 3 heteroatoms. The first-order valence-corrected chi connectivity index (χ1v) is 40.8. The quantitative estimate of drug-likeness (QED) is 0.0376. The molecule has 2 aromatic carbocycles. The van der Waals surface area contributed by atoms with E-state index in [9.17, 15) is 4.79 Å². The van der Waals surface area contributed by atoms with Gasteiger partial charge in [-0.15, -0.1) is 0 Å². The highest BCUT2D eigenvalue weighted by molar-refractivity contribution is 5.69. The Balaban J connectivity index is 1.99. The maximum atomic E-state index is 14.1. The summed E-state index contributed by atoms with van der Waals surface area (Å²) in [5.74, 6) is 1.45. The van der Waals surface area contributed by atoms with Gasteiger partial charge in [-0.3, -0.25) is 0 Å². The number of ether oxygens (including phenoxy) is 2. The van der Waals surface area contributed by atoms with Crippen LogP contribution in [0, 0.1) is 0 Å². The average molecular weight is 1220 g/mol. The summed E-state index contributed by atoms with van der Waals surface area (Å²) in [6, 6.07) is 13.0. The highest BCUT2D eigenvalue weighted by Gasteiger charge is 2.18. The van der Waals surface area contributed by atoms with Crippen molar-refractivity contribution in [2.45, 2.75) is 464 Å². The van der Waals surface area contributed by atoms with E-state index >= 15 is 0 Å². The largest absolute Gasteiger partial charge is 0.519 e. The molecule has 0 bridgehead atoms. The van der Waals surface area contributed by atoms with Crippen LogP contribution in [0.15, 0.2) is 36.4 Å². The molecule has 0 atom stereocenters. The highest BCUT2D eigenvalue weighted by atomic mass is 16.7. The van der Waals surface area contributed by atoms with Crippen molar-refractivity contribution in [3.8, 4) is 11.5 Å². The number of rotatable bonds is 70. The summed E-state index contributed by atoms with van der Waals surface area (Å²) in [5, 5.41) is 0. The van der Waals surface area contributed by atoms with Crippen molar-refractivity contribution in [2.75, 3.05) is 0 Å². The Kier molecular flexibility index (Phi) is 61.5. The number of carbonyl (C=O) groups is 1. The van der Waals surface area contributed by atoms with Crippen molar-refractivity contribution >= 4 is 6.16 Å². The molecule has 0 radical (unpaired) electrons. The molecule has 2 rings (SSSR count). The zero-order valence-electron chi connectivity index (χ0n) is 60.3. The lowest BCUT2D eigenvalue weighted by Crippen LogP contribution is -2.17. The van der Waals surface area contributed by atoms with Gasteiger partial charge in [-0.2, -0.15) is 0 Å². The van der Waals surface area contributed by atoms with Crippen molar-refractivity contribution in [1.29, 1.82) is 0 Å². The molecule has 0 aliphatic rings. The SMILES string of the molecule is CCCCCCCCCCCCCCCCCCc1cccc(OC(=O)Oc2cccc(CCCCCCCCCCCCCCCCCC)c2CCCCCCCCCCCCCCCCCC)c1CCCCCCCCCCCCCCCCCC. The van der Waals surface area contributed by atoms with Gasteiger partial charge in [0.1, 0.15) is 11.5 Å². The lowest BCUT2D eigenvalue weighted by Gasteiger charge is -2.17. The van der Waals surface area contributed by atoms with E-state index in [1.807, 2.05) is 12.1 Å². The Labute approximate surface area is 552 Å². The second kappa shape index (κ2) is 66.2. The van der Waals surface area contributed by atoms with Crippen molar-refractivity contribution in [2.24, 2.45) is 0 Å². The van der Waals surface area contributed by atoms with Crippen molar-refractivity contribution < 1.29 is 14.3 Å². The Hall–Kier alpha value is -2.29. The topological polar surface area (TPSA) is 35.5 Å². The summed E-state index contributed by atoms with van der Waals surface area (Å²) < 4.78 is 12.7. The fourth-order valence-electron chi connectivity index (χ4n) is 14.1. The van der Waals surface area contributed by atoms with Crippen LogP contribution in [-0.4, -0.2) is 6.16 Å². The normalized spacial score (nSPS) is 11.6. The van der Waals surface area contributed by atoms with E-state index in [2.05, 4.69) is 52.0 Å². The molecule has 0 aliphatic carbocycles. The van der Waals surface area contributed by atoms with Crippen LogP contribution in [0.25, 0.3) is 0 Å². The van der Waals surface area contributed by atoms with E-state index < -0.39 is 6.16 Å². The van der Waals surface area contributed by atoms with Gasteiger partial charge in [0.15, 0.2) is 0 Å². The van der Waals surface area contributed by atoms with Gasteiger partial charge in [0, 0.05) is 0 Å². The number of hydrogen-bond acceptors (Lipinski definition) is 3. The van der Waals surface area contributed by atoms with Gasteiger partial charge in [0.05, 0.1) is 0 Å². The predicted molar refractivity (Wildman–Crippen MR) is 393 cm³/mol. The minimum atomic E-state index is -0.569. The van der Waals surface area contributed by atoms with Crippen molar-refractivity contribution in [3.05, 3.63) is 58.7 Å². The third-order valence-electron chi connectivity index (χ3n) is 20.0. The third-order valence-corrected chi connectivity index (χ3v) is 20.0. The predicted octanol–water partition coefficient (Wildman–Crippen LogP) is 30.5. The van der Waals surface area contributed by atoms with E-state index in [-0.39, 0.29) is 0 Å². The molecule has 512 valence electrons. The Morgan fingerprint density at radius 1 is 0.216 bits per heavy atom. The minimum absolute atomic E-state index is 0.569. The fraction of sp³-hybridized carbons (Fsp3) is 0.847. The van der Waals surface area contributed by atoms with E-state index in [0.29, 0.717) is 0 Å². The molecule has 0 saturated carbocycles. The summed E-state index contributed by atoms with van der Waals surface area (Å²) in [4.78, 5) is 14.1. The number of carbonyl (C=O) groups excluding carboxylic acids is 1. The molecule has 0 spiro atoms. The molecule has 0 amide bonds. The molecule has 2 aromatic rings. The van der Waals surface area contributed by atoms with Crippen molar-refractivity contribution in [3.63, 3.8) is 0 Å². The monoisotopic (exact) mass is 1220 g/mol. The van der Waals surface area contributed by atoms with Crippen LogP contribution in [0.5, 0.6) is 11.5 Å². The van der Waals surface area contributed by atoms with Gasteiger partial charge >= 0.3 is 6.16 Å². The Morgan fingerprint density at radius 3 is 0.557 bits per heavy atom. The van der Waals surface area contributed by atoms with Crippen LogP contribution in [0.1, 0.15) is 461 Å². The summed E-state index contributed by atoms with van der Waals surface area (Å²) in [6.45, 7) is 9.24. The van der Waals surface area contributed by atoms with Gasteiger partial charge in [0.2, 0.25) is 0 Å². The standard InChI is InChI=1S/C85H154O3/c1-5-9-13-17-21-25-29-33-37-41-45-49-53-57-61-65-71-79-73-69-77-83(81(79)75-67-63-59-55-51-47-43-39-35-31-27-23-19-15-11-7-3)87-85(86)88-84-78-70-74-80(72-66-62-58-54-50-46-42-38-34-30-26-22-18-14-10-6-2)82(84)76-68-64-60-56-52-48-44-40-36-32-28-24-20-16-12-8-4/h69-70,73-74,77-78H,5-68,71-72,75-76H2,1-4H3. The lowest BCUT2D eigenvalue weighted by molar-refractivity contribution is 0.151. The number of hydrogen-bond donors (Lipinski definition) is 0. The second-order valence-corrected chi connectivity index (χ2v) is 28.5. The maximum absolute atomic E-state index is 14.1.